The van der Waals surface area contributed by atoms with Crippen LogP contribution in [-0.2, 0) is 4.74 Å². The first-order valence-corrected chi connectivity index (χ1v) is 7.20. The third-order valence-electron chi connectivity index (χ3n) is 3.06. The zero-order valence-corrected chi connectivity index (χ0v) is 11.6. The van der Waals surface area contributed by atoms with Crippen LogP contribution in [0.2, 0.25) is 0 Å². The lowest BCUT2D eigenvalue weighted by Gasteiger charge is -2.39. The number of methoxy groups -OCH3 is 1. The van der Waals surface area contributed by atoms with Gasteiger partial charge in [-0.3, -0.25) is 4.90 Å². The van der Waals surface area contributed by atoms with Gasteiger partial charge in [-0.1, -0.05) is 13.8 Å². The number of nitrogens with zero attached hydrogens (tertiary/aromatic N) is 1. The van der Waals surface area contributed by atoms with E-state index in [-0.39, 0.29) is 0 Å². The second-order valence-corrected chi connectivity index (χ2v) is 6.63. The third-order valence-corrected chi connectivity index (χ3v) is 4.29. The summed E-state index contributed by atoms with van der Waals surface area (Å²) in [6.45, 7) is 8.64. The topological polar surface area (TPSA) is 38.5 Å². The highest BCUT2D eigenvalue weighted by Crippen LogP contribution is 2.26. The standard InChI is InChI=1S/C12H26N2OS/c1-10-7-14(8-11(2)16-10)12(9-15-3)5-4-6-13/h10-12H,4-9,13H2,1-3H3. The van der Waals surface area contributed by atoms with Gasteiger partial charge in [-0.2, -0.15) is 11.8 Å². The molecule has 0 aliphatic carbocycles. The molecular formula is C12H26N2OS. The van der Waals surface area contributed by atoms with Gasteiger partial charge < -0.3 is 10.5 Å². The van der Waals surface area contributed by atoms with Gasteiger partial charge in [0.2, 0.25) is 0 Å². The fourth-order valence-electron chi connectivity index (χ4n) is 2.43. The Morgan fingerprint density at radius 3 is 2.50 bits per heavy atom. The average Bonchev–Trinajstić information content (AvgIpc) is 2.22. The monoisotopic (exact) mass is 246 g/mol. The van der Waals surface area contributed by atoms with Crippen LogP contribution in [-0.4, -0.2) is 54.8 Å². The quantitative estimate of drug-likeness (QED) is 0.772. The highest BCUT2D eigenvalue weighted by molar-refractivity contribution is 8.00. The first-order valence-electron chi connectivity index (χ1n) is 6.25. The molecule has 4 heteroatoms. The highest BCUT2D eigenvalue weighted by atomic mass is 32.2. The SMILES string of the molecule is COCC(CCCN)N1CC(C)SC(C)C1. The summed E-state index contributed by atoms with van der Waals surface area (Å²) in [5.41, 5.74) is 5.59. The molecule has 1 fully saturated rings. The maximum Gasteiger partial charge on any atom is 0.0618 e. The van der Waals surface area contributed by atoms with Gasteiger partial charge in [-0.05, 0) is 19.4 Å². The summed E-state index contributed by atoms with van der Waals surface area (Å²) < 4.78 is 5.34. The van der Waals surface area contributed by atoms with E-state index in [4.69, 9.17) is 10.5 Å². The fraction of sp³-hybridized carbons (Fsp3) is 1.00. The van der Waals surface area contributed by atoms with Crippen molar-refractivity contribution in [2.45, 2.75) is 43.2 Å². The number of thioether (sulfide) groups is 1. The molecule has 16 heavy (non-hydrogen) atoms. The molecule has 0 aromatic rings. The van der Waals surface area contributed by atoms with Crippen molar-refractivity contribution in [3.8, 4) is 0 Å². The Balaban J connectivity index is 2.47. The van der Waals surface area contributed by atoms with Crippen LogP contribution in [0.25, 0.3) is 0 Å². The third kappa shape index (κ3) is 4.62. The first kappa shape index (κ1) is 14.3. The fourth-order valence-corrected chi connectivity index (χ4v) is 3.78. The molecule has 1 saturated heterocycles. The van der Waals surface area contributed by atoms with Crippen LogP contribution >= 0.6 is 11.8 Å². The van der Waals surface area contributed by atoms with E-state index in [2.05, 4.69) is 30.5 Å². The van der Waals surface area contributed by atoms with Crippen LogP contribution in [0.4, 0.5) is 0 Å². The molecule has 0 amide bonds. The van der Waals surface area contributed by atoms with E-state index < -0.39 is 0 Å². The lowest BCUT2D eigenvalue weighted by atomic mass is 10.1. The highest BCUT2D eigenvalue weighted by Gasteiger charge is 2.27. The molecule has 1 aliphatic heterocycles. The van der Waals surface area contributed by atoms with E-state index in [1.807, 2.05) is 0 Å². The molecule has 0 spiro atoms. The average molecular weight is 246 g/mol. The molecule has 1 heterocycles. The number of nitrogens with two attached hydrogens (primary N) is 1. The Kier molecular flexibility index (Phi) is 6.73. The maximum atomic E-state index is 5.59. The van der Waals surface area contributed by atoms with Crippen LogP contribution in [0.5, 0.6) is 0 Å². The largest absolute Gasteiger partial charge is 0.383 e. The van der Waals surface area contributed by atoms with Crippen molar-refractivity contribution in [1.82, 2.24) is 4.90 Å². The minimum atomic E-state index is 0.555. The molecule has 1 rings (SSSR count). The molecular weight excluding hydrogens is 220 g/mol. The van der Waals surface area contributed by atoms with Crippen molar-refractivity contribution in [3.05, 3.63) is 0 Å². The van der Waals surface area contributed by atoms with Gasteiger partial charge in [0.25, 0.3) is 0 Å². The summed E-state index contributed by atoms with van der Waals surface area (Å²) in [6.07, 6.45) is 2.26. The minimum Gasteiger partial charge on any atom is -0.383 e. The predicted molar refractivity (Wildman–Crippen MR) is 72.0 cm³/mol. The van der Waals surface area contributed by atoms with Gasteiger partial charge >= 0.3 is 0 Å². The Morgan fingerprint density at radius 2 is 2.00 bits per heavy atom. The molecule has 0 aromatic heterocycles. The van der Waals surface area contributed by atoms with Crippen LogP contribution in [0.15, 0.2) is 0 Å². The molecule has 3 atom stereocenters. The maximum absolute atomic E-state index is 5.59. The van der Waals surface area contributed by atoms with Gasteiger partial charge in [0.05, 0.1) is 6.61 Å². The number of ether oxygens (including phenoxy) is 1. The van der Waals surface area contributed by atoms with E-state index >= 15 is 0 Å². The predicted octanol–water partition coefficient (Wildman–Crippen LogP) is 1.57. The van der Waals surface area contributed by atoms with E-state index in [1.165, 1.54) is 13.1 Å². The Morgan fingerprint density at radius 1 is 1.38 bits per heavy atom. The molecule has 2 N–H and O–H groups in total. The Labute approximate surface area is 104 Å². The van der Waals surface area contributed by atoms with Gasteiger partial charge in [-0.15, -0.1) is 0 Å². The summed E-state index contributed by atoms with van der Waals surface area (Å²) in [6, 6.07) is 0.555. The van der Waals surface area contributed by atoms with Crippen LogP contribution in [0, 0.1) is 0 Å². The lowest BCUT2D eigenvalue weighted by Crippen LogP contribution is -2.48. The number of hydrogen-bond donors (Lipinski definition) is 1. The van der Waals surface area contributed by atoms with Gasteiger partial charge in [0, 0.05) is 36.7 Å². The van der Waals surface area contributed by atoms with Crippen molar-refractivity contribution in [2.24, 2.45) is 5.73 Å². The molecule has 0 saturated carbocycles. The van der Waals surface area contributed by atoms with Crippen molar-refractivity contribution >= 4 is 11.8 Å². The van der Waals surface area contributed by atoms with E-state index in [9.17, 15) is 0 Å². The minimum absolute atomic E-state index is 0.555. The normalized spacial score (nSPS) is 29.2. The Hall–Kier alpha value is 0.230. The first-order chi connectivity index (χ1) is 7.67. The molecule has 0 aromatic carbocycles. The van der Waals surface area contributed by atoms with Crippen molar-refractivity contribution in [3.63, 3.8) is 0 Å². The molecule has 3 nitrogen and oxygen atoms in total. The molecule has 96 valence electrons. The summed E-state index contributed by atoms with van der Waals surface area (Å²) >= 11 is 2.10. The zero-order chi connectivity index (χ0) is 12.0. The van der Waals surface area contributed by atoms with Gasteiger partial charge in [0.1, 0.15) is 0 Å². The van der Waals surface area contributed by atoms with Crippen LogP contribution in [0.3, 0.4) is 0 Å². The van der Waals surface area contributed by atoms with E-state index in [1.54, 1.807) is 7.11 Å². The van der Waals surface area contributed by atoms with E-state index in [0.29, 0.717) is 6.04 Å². The lowest BCUT2D eigenvalue weighted by molar-refractivity contribution is 0.0829. The second-order valence-electron chi connectivity index (χ2n) is 4.75. The molecule has 0 bridgehead atoms. The molecule has 1 aliphatic rings. The summed E-state index contributed by atoms with van der Waals surface area (Å²) in [5, 5.41) is 1.47. The summed E-state index contributed by atoms with van der Waals surface area (Å²) in [4.78, 5) is 2.59. The Bertz CT molecular complexity index is 182. The summed E-state index contributed by atoms with van der Waals surface area (Å²) in [5.74, 6) is 0. The smallest absolute Gasteiger partial charge is 0.0618 e. The van der Waals surface area contributed by atoms with Crippen molar-refractivity contribution in [2.75, 3.05) is 33.4 Å². The molecule has 3 unspecified atom stereocenters. The van der Waals surface area contributed by atoms with E-state index in [0.717, 1.165) is 36.5 Å². The zero-order valence-electron chi connectivity index (χ0n) is 10.8. The number of rotatable bonds is 6. The molecule has 0 radical (unpaired) electrons. The van der Waals surface area contributed by atoms with Crippen molar-refractivity contribution in [1.29, 1.82) is 0 Å². The van der Waals surface area contributed by atoms with Crippen LogP contribution in [0.1, 0.15) is 26.7 Å². The van der Waals surface area contributed by atoms with Crippen molar-refractivity contribution < 1.29 is 4.74 Å². The number of hydrogen-bond acceptors (Lipinski definition) is 4. The summed E-state index contributed by atoms with van der Waals surface area (Å²) in [7, 11) is 1.79. The van der Waals surface area contributed by atoms with Crippen LogP contribution < -0.4 is 5.73 Å². The van der Waals surface area contributed by atoms with Gasteiger partial charge in [0.15, 0.2) is 0 Å². The second kappa shape index (κ2) is 7.54. The van der Waals surface area contributed by atoms with Gasteiger partial charge in [-0.25, -0.2) is 0 Å².